The molecule has 0 aliphatic rings. The molecule has 3 rings (SSSR count). The average molecular weight is 374 g/mol. The lowest BCUT2D eigenvalue weighted by atomic mass is 10.1. The topological polar surface area (TPSA) is 36.4 Å². The fraction of sp³-hybridized carbons (Fsp3) is 0.250. The van der Waals surface area contributed by atoms with Crippen LogP contribution in [0.3, 0.4) is 0 Å². The molecular weight excluding hydrogens is 346 g/mol. The Hall–Kier alpha value is -3.14. The summed E-state index contributed by atoms with van der Waals surface area (Å²) in [7, 11) is 1.83. The Labute approximate surface area is 167 Å². The molecule has 0 atom stereocenters. The molecule has 0 aliphatic heterocycles. The van der Waals surface area contributed by atoms with E-state index in [2.05, 4.69) is 35.9 Å². The molecule has 0 bridgehead atoms. The second kappa shape index (κ2) is 9.18. The zero-order valence-corrected chi connectivity index (χ0v) is 16.7. The van der Waals surface area contributed by atoms with Crippen LogP contribution in [0.1, 0.15) is 35.3 Å². The van der Waals surface area contributed by atoms with E-state index < -0.39 is 0 Å². The van der Waals surface area contributed by atoms with Crippen LogP contribution in [0.2, 0.25) is 0 Å². The molecule has 0 radical (unpaired) electrons. The predicted molar refractivity (Wildman–Crippen MR) is 114 cm³/mol. The van der Waals surface area contributed by atoms with E-state index in [0.717, 1.165) is 17.8 Å². The number of rotatable bonds is 7. The molecule has 0 N–H and O–H groups in total. The van der Waals surface area contributed by atoms with E-state index in [4.69, 9.17) is 0 Å². The van der Waals surface area contributed by atoms with Crippen LogP contribution in [0, 0.1) is 0 Å². The Balaban J connectivity index is 1.78. The van der Waals surface area contributed by atoms with Crippen LogP contribution in [0.25, 0.3) is 0 Å². The van der Waals surface area contributed by atoms with E-state index >= 15 is 0 Å². The van der Waals surface area contributed by atoms with Crippen LogP contribution in [0.5, 0.6) is 0 Å². The molecule has 1 heterocycles. The SMILES string of the molecule is CC(C)N(Cc1ccccc1)c1cncc(C(=O)N(C)Cc2ccccc2)c1. The number of aromatic nitrogens is 1. The van der Waals surface area contributed by atoms with Gasteiger partial charge in [-0.3, -0.25) is 9.78 Å². The molecule has 0 saturated carbocycles. The lowest BCUT2D eigenvalue weighted by Crippen LogP contribution is -2.31. The van der Waals surface area contributed by atoms with Crippen molar-refractivity contribution in [1.29, 1.82) is 0 Å². The van der Waals surface area contributed by atoms with Gasteiger partial charge < -0.3 is 9.80 Å². The van der Waals surface area contributed by atoms with Crippen LogP contribution in [0.4, 0.5) is 5.69 Å². The zero-order chi connectivity index (χ0) is 19.9. The summed E-state index contributed by atoms with van der Waals surface area (Å²) in [5.74, 6) is -0.0263. The Kier molecular flexibility index (Phi) is 6.43. The molecule has 4 nitrogen and oxygen atoms in total. The third kappa shape index (κ3) is 4.97. The number of amides is 1. The van der Waals surface area contributed by atoms with Gasteiger partial charge in [-0.1, -0.05) is 60.7 Å². The van der Waals surface area contributed by atoms with Gasteiger partial charge in [0.05, 0.1) is 17.4 Å². The van der Waals surface area contributed by atoms with Crippen LogP contribution >= 0.6 is 0 Å². The van der Waals surface area contributed by atoms with Crippen molar-refractivity contribution in [3.8, 4) is 0 Å². The maximum absolute atomic E-state index is 12.9. The molecule has 0 fully saturated rings. The van der Waals surface area contributed by atoms with Gasteiger partial charge >= 0.3 is 0 Å². The summed E-state index contributed by atoms with van der Waals surface area (Å²) < 4.78 is 0. The van der Waals surface area contributed by atoms with Crippen LogP contribution in [-0.2, 0) is 13.1 Å². The van der Waals surface area contributed by atoms with Crippen LogP contribution in [0.15, 0.2) is 79.1 Å². The molecule has 1 amide bonds. The van der Waals surface area contributed by atoms with E-state index in [1.54, 1.807) is 11.1 Å². The number of carbonyl (C=O) groups is 1. The number of carbonyl (C=O) groups excluding carboxylic acids is 1. The maximum atomic E-state index is 12.9. The minimum Gasteiger partial charge on any atom is -0.364 e. The summed E-state index contributed by atoms with van der Waals surface area (Å²) in [6.07, 6.45) is 3.48. The summed E-state index contributed by atoms with van der Waals surface area (Å²) in [6, 6.07) is 22.6. The first kappa shape index (κ1) is 19.6. The van der Waals surface area contributed by atoms with Gasteiger partial charge in [-0.2, -0.15) is 0 Å². The molecule has 0 aliphatic carbocycles. The van der Waals surface area contributed by atoms with Crippen molar-refractivity contribution in [2.75, 3.05) is 11.9 Å². The third-order valence-electron chi connectivity index (χ3n) is 4.73. The smallest absolute Gasteiger partial charge is 0.255 e. The standard InChI is InChI=1S/C24H27N3O/c1-19(2)27(18-21-12-8-5-9-13-21)23-14-22(15-25-16-23)24(28)26(3)17-20-10-6-4-7-11-20/h4-16,19H,17-18H2,1-3H3. The first-order valence-corrected chi connectivity index (χ1v) is 9.59. The first-order valence-electron chi connectivity index (χ1n) is 9.59. The highest BCUT2D eigenvalue weighted by Crippen LogP contribution is 2.21. The van der Waals surface area contributed by atoms with Gasteiger partial charge in [0.15, 0.2) is 0 Å². The zero-order valence-electron chi connectivity index (χ0n) is 16.7. The van der Waals surface area contributed by atoms with Crippen molar-refractivity contribution in [3.05, 3.63) is 95.8 Å². The highest BCUT2D eigenvalue weighted by atomic mass is 16.2. The van der Waals surface area contributed by atoms with Gasteiger partial charge in [-0.15, -0.1) is 0 Å². The average Bonchev–Trinajstić information content (AvgIpc) is 2.73. The van der Waals surface area contributed by atoms with Crippen LogP contribution < -0.4 is 4.90 Å². The minimum absolute atomic E-state index is 0.0263. The Morgan fingerprint density at radius 1 is 0.893 bits per heavy atom. The van der Waals surface area contributed by atoms with Crippen molar-refractivity contribution in [2.45, 2.75) is 33.0 Å². The normalized spacial score (nSPS) is 10.7. The Morgan fingerprint density at radius 3 is 2.04 bits per heavy atom. The molecule has 0 saturated heterocycles. The first-order chi connectivity index (χ1) is 13.5. The van der Waals surface area contributed by atoms with Crippen molar-refractivity contribution in [3.63, 3.8) is 0 Å². The molecule has 4 heteroatoms. The van der Waals surface area contributed by atoms with Gasteiger partial charge in [0, 0.05) is 32.4 Å². The Bertz CT molecular complexity index is 894. The van der Waals surface area contributed by atoms with Gasteiger partial charge in [-0.05, 0) is 31.0 Å². The van der Waals surface area contributed by atoms with E-state index in [1.807, 2.05) is 67.8 Å². The lowest BCUT2D eigenvalue weighted by molar-refractivity contribution is 0.0784. The molecule has 3 aromatic rings. The fourth-order valence-electron chi connectivity index (χ4n) is 3.20. The molecule has 2 aromatic carbocycles. The third-order valence-corrected chi connectivity index (χ3v) is 4.73. The second-order valence-corrected chi connectivity index (χ2v) is 7.29. The molecular formula is C24H27N3O. The van der Waals surface area contributed by atoms with Crippen molar-refractivity contribution < 1.29 is 4.79 Å². The summed E-state index contributed by atoms with van der Waals surface area (Å²) in [5.41, 5.74) is 3.90. The predicted octanol–water partition coefficient (Wildman–Crippen LogP) is 4.77. The van der Waals surface area contributed by atoms with Gasteiger partial charge in [-0.25, -0.2) is 0 Å². The maximum Gasteiger partial charge on any atom is 0.255 e. The Morgan fingerprint density at radius 2 is 1.46 bits per heavy atom. The van der Waals surface area contributed by atoms with E-state index in [1.165, 1.54) is 5.56 Å². The number of nitrogens with zero attached hydrogens (tertiary/aromatic N) is 3. The fourth-order valence-corrected chi connectivity index (χ4v) is 3.20. The molecule has 0 spiro atoms. The lowest BCUT2D eigenvalue weighted by Gasteiger charge is -2.29. The van der Waals surface area contributed by atoms with Crippen LogP contribution in [-0.4, -0.2) is 28.9 Å². The van der Waals surface area contributed by atoms with Crippen molar-refractivity contribution >= 4 is 11.6 Å². The molecule has 28 heavy (non-hydrogen) atoms. The molecule has 144 valence electrons. The highest BCUT2D eigenvalue weighted by molar-refractivity contribution is 5.94. The quantitative estimate of drug-likeness (QED) is 0.599. The van der Waals surface area contributed by atoms with E-state index in [9.17, 15) is 4.79 Å². The van der Waals surface area contributed by atoms with Gasteiger partial charge in [0.25, 0.3) is 5.91 Å². The number of hydrogen-bond donors (Lipinski definition) is 0. The van der Waals surface area contributed by atoms with Gasteiger partial charge in [0.1, 0.15) is 0 Å². The number of benzene rings is 2. The highest BCUT2D eigenvalue weighted by Gasteiger charge is 2.17. The molecule has 0 unspecified atom stereocenters. The molecule has 1 aromatic heterocycles. The monoisotopic (exact) mass is 373 g/mol. The van der Waals surface area contributed by atoms with E-state index in [-0.39, 0.29) is 11.9 Å². The number of pyridine rings is 1. The summed E-state index contributed by atoms with van der Waals surface area (Å²) in [5, 5.41) is 0. The summed E-state index contributed by atoms with van der Waals surface area (Å²) in [6.45, 7) is 5.65. The van der Waals surface area contributed by atoms with Crippen molar-refractivity contribution in [2.24, 2.45) is 0 Å². The largest absolute Gasteiger partial charge is 0.364 e. The number of anilines is 1. The summed E-state index contributed by atoms with van der Waals surface area (Å²) in [4.78, 5) is 21.3. The number of hydrogen-bond acceptors (Lipinski definition) is 3. The van der Waals surface area contributed by atoms with Crippen molar-refractivity contribution in [1.82, 2.24) is 9.88 Å². The second-order valence-electron chi connectivity index (χ2n) is 7.29. The summed E-state index contributed by atoms with van der Waals surface area (Å²) >= 11 is 0. The van der Waals surface area contributed by atoms with E-state index in [0.29, 0.717) is 12.1 Å². The minimum atomic E-state index is -0.0263. The van der Waals surface area contributed by atoms with Gasteiger partial charge in [0.2, 0.25) is 0 Å².